The summed E-state index contributed by atoms with van der Waals surface area (Å²) >= 11 is 0. The fourth-order valence-electron chi connectivity index (χ4n) is 3.60. The van der Waals surface area contributed by atoms with Crippen LogP contribution in [-0.4, -0.2) is 68.1 Å². The summed E-state index contributed by atoms with van der Waals surface area (Å²) in [5, 5.41) is 0. The van der Waals surface area contributed by atoms with Gasteiger partial charge in [-0.2, -0.15) is 0 Å². The summed E-state index contributed by atoms with van der Waals surface area (Å²) in [5.41, 5.74) is 1.15. The molecular formula is C18H27N3O2. The lowest BCUT2D eigenvalue weighted by atomic mass is 10.2. The van der Waals surface area contributed by atoms with Gasteiger partial charge in [0, 0.05) is 39.3 Å². The van der Waals surface area contributed by atoms with Crippen LogP contribution in [0.5, 0.6) is 5.75 Å². The SMILES string of the molecule is COc1ccccc1N1CCN(C(C)C(=O)N2CCCC2)CC1. The number of anilines is 1. The molecule has 0 radical (unpaired) electrons. The summed E-state index contributed by atoms with van der Waals surface area (Å²) in [4.78, 5) is 19.2. The predicted octanol–water partition coefficient (Wildman–Crippen LogP) is 1.83. The largest absolute Gasteiger partial charge is 0.495 e. The van der Waals surface area contributed by atoms with Gasteiger partial charge in [0.1, 0.15) is 5.75 Å². The van der Waals surface area contributed by atoms with E-state index < -0.39 is 0 Å². The minimum Gasteiger partial charge on any atom is -0.495 e. The van der Waals surface area contributed by atoms with Gasteiger partial charge in [0.05, 0.1) is 18.8 Å². The van der Waals surface area contributed by atoms with Crippen molar-refractivity contribution in [2.45, 2.75) is 25.8 Å². The van der Waals surface area contributed by atoms with Gasteiger partial charge in [-0.05, 0) is 31.9 Å². The quantitative estimate of drug-likeness (QED) is 0.849. The van der Waals surface area contributed by atoms with Gasteiger partial charge in [-0.25, -0.2) is 0 Å². The molecule has 3 rings (SSSR count). The zero-order valence-electron chi connectivity index (χ0n) is 14.2. The first kappa shape index (κ1) is 16.1. The van der Waals surface area contributed by atoms with Crippen LogP contribution in [0.3, 0.4) is 0 Å². The van der Waals surface area contributed by atoms with E-state index in [1.807, 2.05) is 23.1 Å². The van der Waals surface area contributed by atoms with Crippen molar-refractivity contribution in [3.8, 4) is 5.75 Å². The molecule has 2 heterocycles. The molecule has 2 aliphatic rings. The van der Waals surface area contributed by atoms with Crippen LogP contribution in [0.2, 0.25) is 0 Å². The molecule has 0 aromatic heterocycles. The number of ether oxygens (including phenoxy) is 1. The van der Waals surface area contributed by atoms with Crippen LogP contribution in [0.15, 0.2) is 24.3 Å². The van der Waals surface area contributed by atoms with Crippen molar-refractivity contribution in [3.05, 3.63) is 24.3 Å². The number of carbonyl (C=O) groups excluding carboxylic acids is 1. The third kappa shape index (κ3) is 3.44. The molecule has 2 fully saturated rings. The van der Waals surface area contributed by atoms with Gasteiger partial charge < -0.3 is 14.5 Å². The third-order valence-corrected chi connectivity index (χ3v) is 5.06. The summed E-state index contributed by atoms with van der Waals surface area (Å²) in [6, 6.07) is 8.14. The Balaban J connectivity index is 1.58. The van der Waals surface area contributed by atoms with E-state index in [1.165, 1.54) is 0 Å². The topological polar surface area (TPSA) is 36.0 Å². The number of hydrogen-bond acceptors (Lipinski definition) is 4. The lowest BCUT2D eigenvalue weighted by Gasteiger charge is -2.39. The van der Waals surface area contributed by atoms with E-state index in [2.05, 4.69) is 22.8 Å². The van der Waals surface area contributed by atoms with Crippen LogP contribution in [0.25, 0.3) is 0 Å². The first-order valence-corrected chi connectivity index (χ1v) is 8.61. The number of para-hydroxylation sites is 2. The average Bonchev–Trinajstić information content (AvgIpc) is 3.15. The number of nitrogens with zero attached hydrogens (tertiary/aromatic N) is 3. The lowest BCUT2D eigenvalue weighted by molar-refractivity contribution is -0.135. The van der Waals surface area contributed by atoms with Crippen molar-refractivity contribution in [1.82, 2.24) is 9.80 Å². The maximum Gasteiger partial charge on any atom is 0.239 e. The summed E-state index contributed by atoms with van der Waals surface area (Å²) in [6.45, 7) is 7.61. The number of rotatable bonds is 4. The summed E-state index contributed by atoms with van der Waals surface area (Å²) in [5.74, 6) is 1.22. The Labute approximate surface area is 138 Å². The normalized spacial score (nSPS) is 20.6. The molecule has 5 nitrogen and oxygen atoms in total. The van der Waals surface area contributed by atoms with E-state index in [1.54, 1.807) is 7.11 Å². The van der Waals surface area contributed by atoms with Crippen LogP contribution >= 0.6 is 0 Å². The van der Waals surface area contributed by atoms with Crippen LogP contribution in [0.4, 0.5) is 5.69 Å². The van der Waals surface area contributed by atoms with E-state index in [0.717, 1.165) is 63.5 Å². The molecule has 2 aliphatic heterocycles. The number of carbonyl (C=O) groups is 1. The molecule has 0 aliphatic carbocycles. The molecule has 0 spiro atoms. The van der Waals surface area contributed by atoms with E-state index in [0.29, 0.717) is 5.91 Å². The maximum atomic E-state index is 12.5. The molecular weight excluding hydrogens is 290 g/mol. The van der Waals surface area contributed by atoms with Crippen molar-refractivity contribution < 1.29 is 9.53 Å². The molecule has 1 amide bonds. The summed E-state index contributed by atoms with van der Waals surface area (Å²) in [6.07, 6.45) is 2.31. The van der Waals surface area contributed by atoms with Crippen molar-refractivity contribution in [3.63, 3.8) is 0 Å². The Hall–Kier alpha value is -1.75. The first-order chi connectivity index (χ1) is 11.2. The van der Waals surface area contributed by atoms with E-state index >= 15 is 0 Å². The number of amides is 1. The summed E-state index contributed by atoms with van der Waals surface area (Å²) in [7, 11) is 1.71. The highest BCUT2D eigenvalue weighted by molar-refractivity contribution is 5.81. The van der Waals surface area contributed by atoms with Gasteiger partial charge in [0.15, 0.2) is 0 Å². The van der Waals surface area contributed by atoms with Crippen LogP contribution in [0, 0.1) is 0 Å². The van der Waals surface area contributed by atoms with Gasteiger partial charge in [0.25, 0.3) is 0 Å². The van der Waals surface area contributed by atoms with Crippen molar-refractivity contribution >= 4 is 11.6 Å². The van der Waals surface area contributed by atoms with Crippen molar-refractivity contribution in [2.75, 3.05) is 51.3 Å². The highest BCUT2D eigenvalue weighted by Crippen LogP contribution is 2.28. The average molecular weight is 317 g/mol. The maximum absolute atomic E-state index is 12.5. The Kier molecular flexibility index (Phi) is 5.06. The molecule has 1 aromatic rings. The summed E-state index contributed by atoms with van der Waals surface area (Å²) < 4.78 is 5.46. The Morgan fingerprint density at radius 3 is 2.35 bits per heavy atom. The zero-order chi connectivity index (χ0) is 16.2. The third-order valence-electron chi connectivity index (χ3n) is 5.06. The standard InChI is InChI=1S/C18H27N3O2/c1-15(18(22)21-9-5-6-10-21)19-11-13-20(14-12-19)16-7-3-4-8-17(16)23-2/h3-4,7-8,15H,5-6,9-14H2,1-2H3. The fraction of sp³-hybridized carbons (Fsp3) is 0.611. The molecule has 1 aromatic carbocycles. The van der Waals surface area contributed by atoms with Gasteiger partial charge in [-0.15, -0.1) is 0 Å². The fourth-order valence-corrected chi connectivity index (χ4v) is 3.60. The monoisotopic (exact) mass is 317 g/mol. The second-order valence-electron chi connectivity index (χ2n) is 6.40. The van der Waals surface area contributed by atoms with Crippen molar-refractivity contribution in [2.24, 2.45) is 0 Å². The number of methoxy groups -OCH3 is 1. The van der Waals surface area contributed by atoms with E-state index in [9.17, 15) is 4.79 Å². The minimum atomic E-state index is -0.00656. The molecule has 1 atom stereocenters. The Morgan fingerprint density at radius 1 is 1.04 bits per heavy atom. The van der Waals surface area contributed by atoms with Gasteiger partial charge in [-0.3, -0.25) is 9.69 Å². The second-order valence-corrected chi connectivity index (χ2v) is 6.40. The smallest absolute Gasteiger partial charge is 0.239 e. The molecule has 1 unspecified atom stereocenters. The molecule has 0 saturated carbocycles. The zero-order valence-corrected chi connectivity index (χ0v) is 14.2. The molecule has 0 N–H and O–H groups in total. The molecule has 126 valence electrons. The van der Waals surface area contributed by atoms with Crippen LogP contribution < -0.4 is 9.64 Å². The van der Waals surface area contributed by atoms with Crippen LogP contribution in [-0.2, 0) is 4.79 Å². The van der Waals surface area contributed by atoms with Crippen LogP contribution in [0.1, 0.15) is 19.8 Å². The first-order valence-electron chi connectivity index (χ1n) is 8.61. The van der Waals surface area contributed by atoms with Gasteiger partial charge in [-0.1, -0.05) is 12.1 Å². The van der Waals surface area contributed by atoms with E-state index in [-0.39, 0.29) is 6.04 Å². The van der Waals surface area contributed by atoms with E-state index in [4.69, 9.17) is 4.74 Å². The lowest BCUT2D eigenvalue weighted by Crippen LogP contribution is -2.54. The molecule has 2 saturated heterocycles. The highest BCUT2D eigenvalue weighted by Gasteiger charge is 2.30. The molecule has 23 heavy (non-hydrogen) atoms. The Morgan fingerprint density at radius 2 is 1.70 bits per heavy atom. The number of benzene rings is 1. The van der Waals surface area contributed by atoms with Crippen molar-refractivity contribution in [1.29, 1.82) is 0 Å². The highest BCUT2D eigenvalue weighted by atomic mass is 16.5. The minimum absolute atomic E-state index is 0.00656. The number of piperazine rings is 1. The molecule has 0 bridgehead atoms. The number of hydrogen-bond donors (Lipinski definition) is 0. The van der Waals surface area contributed by atoms with Gasteiger partial charge >= 0.3 is 0 Å². The second kappa shape index (κ2) is 7.21. The molecule has 5 heteroatoms. The number of likely N-dealkylation sites (tertiary alicyclic amines) is 1. The predicted molar refractivity (Wildman–Crippen MR) is 92.1 cm³/mol. The van der Waals surface area contributed by atoms with Gasteiger partial charge in [0.2, 0.25) is 5.91 Å². The Bertz CT molecular complexity index is 535.